The minimum absolute atomic E-state index is 0.138. The Morgan fingerprint density at radius 2 is 1.93 bits per heavy atom. The van der Waals surface area contributed by atoms with E-state index in [1.165, 1.54) is 7.11 Å². The van der Waals surface area contributed by atoms with Crippen molar-refractivity contribution in [1.29, 1.82) is 0 Å². The second-order valence-electron chi connectivity index (χ2n) is 5.84. The summed E-state index contributed by atoms with van der Waals surface area (Å²) in [5.74, 6) is -0.146. The molecule has 2 rings (SSSR count). The Morgan fingerprint density at radius 3 is 2.27 bits per heavy atom. The number of ether oxygens (including phenoxy) is 1. The lowest BCUT2D eigenvalue weighted by Gasteiger charge is -2.39. The van der Waals surface area contributed by atoms with Crippen molar-refractivity contribution in [3.63, 3.8) is 0 Å². The van der Waals surface area contributed by atoms with Crippen LogP contribution >= 0.6 is 0 Å². The third-order valence-corrected chi connectivity index (χ3v) is 5.55. The monoisotopic (exact) mass is 212 g/mol. The molecular formula is C12H20O3. The number of carbonyl (C=O) groups is 1. The SMILES string of the molecule is COC(=O)[C@]12CC[C@](C)(C(O)C1)C2(C)C. The van der Waals surface area contributed by atoms with Gasteiger partial charge in [0.2, 0.25) is 0 Å². The standard InChI is InChI=1S/C12H20O3/c1-10(2)11(3)5-6-12(10,7-8(11)13)9(14)15-4/h8,13H,5-7H2,1-4H3/t8?,11-,12+/m1/s1. The molecule has 2 aliphatic carbocycles. The number of methoxy groups -OCH3 is 1. The zero-order chi connectivity index (χ0) is 11.5. The lowest BCUT2D eigenvalue weighted by Crippen LogP contribution is -2.41. The first-order valence-corrected chi connectivity index (χ1v) is 5.58. The van der Waals surface area contributed by atoms with Gasteiger partial charge in [-0.2, -0.15) is 0 Å². The summed E-state index contributed by atoms with van der Waals surface area (Å²) in [5.41, 5.74) is -0.774. The normalized spacial score (nSPS) is 46.9. The molecule has 0 heterocycles. The summed E-state index contributed by atoms with van der Waals surface area (Å²) in [6.45, 7) is 6.27. The van der Waals surface area contributed by atoms with Crippen molar-refractivity contribution in [2.24, 2.45) is 16.2 Å². The van der Waals surface area contributed by atoms with Crippen molar-refractivity contribution in [2.45, 2.75) is 46.1 Å². The summed E-state index contributed by atoms with van der Waals surface area (Å²) in [5, 5.41) is 10.1. The second kappa shape index (κ2) is 2.76. The van der Waals surface area contributed by atoms with Gasteiger partial charge >= 0.3 is 5.97 Å². The number of hydrogen-bond acceptors (Lipinski definition) is 3. The van der Waals surface area contributed by atoms with E-state index in [0.717, 1.165) is 12.8 Å². The van der Waals surface area contributed by atoms with E-state index in [1.807, 2.05) is 0 Å². The largest absolute Gasteiger partial charge is 0.469 e. The number of aliphatic hydroxyl groups excluding tert-OH is 1. The van der Waals surface area contributed by atoms with Crippen LogP contribution in [0.15, 0.2) is 0 Å². The molecule has 15 heavy (non-hydrogen) atoms. The Kier molecular flexibility index (Phi) is 2.01. The van der Waals surface area contributed by atoms with Gasteiger partial charge in [-0.3, -0.25) is 4.79 Å². The van der Waals surface area contributed by atoms with Gasteiger partial charge in [0.25, 0.3) is 0 Å². The minimum Gasteiger partial charge on any atom is -0.469 e. The molecule has 3 atom stereocenters. The number of fused-ring (bicyclic) bond motifs is 2. The molecule has 2 bridgehead atoms. The molecule has 0 saturated heterocycles. The Morgan fingerprint density at radius 1 is 1.33 bits per heavy atom. The van der Waals surface area contributed by atoms with Crippen molar-refractivity contribution in [3.8, 4) is 0 Å². The van der Waals surface area contributed by atoms with Gasteiger partial charge < -0.3 is 9.84 Å². The number of carbonyl (C=O) groups excluding carboxylic acids is 1. The predicted octanol–water partition coefficient (Wildman–Crippen LogP) is 1.74. The summed E-state index contributed by atoms with van der Waals surface area (Å²) in [4.78, 5) is 12.0. The highest BCUT2D eigenvalue weighted by molar-refractivity contribution is 5.79. The Balaban J connectivity index is 2.49. The fourth-order valence-corrected chi connectivity index (χ4v) is 3.78. The summed E-state index contributed by atoms with van der Waals surface area (Å²) in [6.07, 6.45) is 1.94. The van der Waals surface area contributed by atoms with Crippen molar-refractivity contribution >= 4 is 5.97 Å². The molecule has 0 amide bonds. The molecule has 3 heteroatoms. The maximum absolute atomic E-state index is 12.0. The second-order valence-corrected chi connectivity index (χ2v) is 5.84. The number of esters is 1. The fourth-order valence-electron chi connectivity index (χ4n) is 3.78. The summed E-state index contributed by atoms with van der Waals surface area (Å²) in [7, 11) is 1.44. The molecule has 1 unspecified atom stereocenters. The summed E-state index contributed by atoms with van der Waals surface area (Å²) in [6, 6.07) is 0. The number of rotatable bonds is 1. The summed E-state index contributed by atoms with van der Waals surface area (Å²) >= 11 is 0. The van der Waals surface area contributed by atoms with Gasteiger partial charge in [0.1, 0.15) is 0 Å². The molecule has 0 aromatic heterocycles. The molecule has 0 aliphatic heterocycles. The molecule has 0 aromatic carbocycles. The predicted molar refractivity (Wildman–Crippen MR) is 56.2 cm³/mol. The molecule has 0 radical (unpaired) electrons. The smallest absolute Gasteiger partial charge is 0.312 e. The zero-order valence-electron chi connectivity index (χ0n) is 9.96. The average Bonchev–Trinajstić information content (AvgIpc) is 2.47. The van der Waals surface area contributed by atoms with Gasteiger partial charge in [0, 0.05) is 0 Å². The van der Waals surface area contributed by atoms with E-state index in [-0.39, 0.29) is 22.9 Å². The zero-order valence-corrected chi connectivity index (χ0v) is 9.96. The average molecular weight is 212 g/mol. The molecule has 3 nitrogen and oxygen atoms in total. The highest BCUT2D eigenvalue weighted by atomic mass is 16.5. The maximum Gasteiger partial charge on any atom is 0.312 e. The quantitative estimate of drug-likeness (QED) is 0.673. The first kappa shape index (κ1) is 10.9. The lowest BCUT2D eigenvalue weighted by atomic mass is 9.65. The summed E-state index contributed by atoms with van der Waals surface area (Å²) < 4.78 is 4.93. The topological polar surface area (TPSA) is 46.5 Å². The first-order chi connectivity index (χ1) is 6.82. The van der Waals surface area contributed by atoms with Gasteiger partial charge in [-0.25, -0.2) is 0 Å². The molecule has 0 aromatic rings. The van der Waals surface area contributed by atoms with Crippen molar-refractivity contribution in [1.82, 2.24) is 0 Å². The van der Waals surface area contributed by atoms with E-state index < -0.39 is 5.41 Å². The van der Waals surface area contributed by atoms with Crippen molar-refractivity contribution in [3.05, 3.63) is 0 Å². The van der Waals surface area contributed by atoms with Gasteiger partial charge in [0.15, 0.2) is 0 Å². The first-order valence-electron chi connectivity index (χ1n) is 5.58. The van der Waals surface area contributed by atoms with Crippen LogP contribution in [0.2, 0.25) is 0 Å². The van der Waals surface area contributed by atoms with E-state index >= 15 is 0 Å². The van der Waals surface area contributed by atoms with Gasteiger partial charge in [-0.15, -0.1) is 0 Å². The molecule has 0 spiro atoms. The van der Waals surface area contributed by atoms with Gasteiger partial charge in [0.05, 0.1) is 18.6 Å². The molecule has 86 valence electrons. The molecule has 2 fully saturated rings. The Bertz CT molecular complexity index is 310. The van der Waals surface area contributed by atoms with E-state index in [0.29, 0.717) is 6.42 Å². The molecule has 2 aliphatic rings. The number of hydrogen-bond donors (Lipinski definition) is 1. The maximum atomic E-state index is 12.0. The van der Waals surface area contributed by atoms with E-state index in [2.05, 4.69) is 20.8 Å². The molecule has 1 N–H and O–H groups in total. The van der Waals surface area contributed by atoms with Crippen molar-refractivity contribution < 1.29 is 14.6 Å². The number of aliphatic hydroxyl groups is 1. The lowest BCUT2D eigenvalue weighted by molar-refractivity contribution is -0.158. The van der Waals surface area contributed by atoms with Crippen LogP contribution in [0.25, 0.3) is 0 Å². The minimum atomic E-state index is -0.462. The highest BCUT2D eigenvalue weighted by Gasteiger charge is 2.72. The highest BCUT2D eigenvalue weighted by Crippen LogP contribution is 2.72. The molecular weight excluding hydrogens is 192 g/mol. The van der Waals surface area contributed by atoms with Crippen LogP contribution in [0.3, 0.4) is 0 Å². The van der Waals surface area contributed by atoms with E-state index in [1.54, 1.807) is 0 Å². The van der Waals surface area contributed by atoms with Crippen LogP contribution in [0.5, 0.6) is 0 Å². The van der Waals surface area contributed by atoms with Crippen LogP contribution in [0.1, 0.15) is 40.0 Å². The molecule has 2 saturated carbocycles. The van der Waals surface area contributed by atoms with Crippen LogP contribution in [0.4, 0.5) is 0 Å². The van der Waals surface area contributed by atoms with Crippen LogP contribution < -0.4 is 0 Å². The Labute approximate surface area is 90.8 Å². The van der Waals surface area contributed by atoms with E-state index in [4.69, 9.17) is 4.74 Å². The van der Waals surface area contributed by atoms with Crippen LogP contribution in [0, 0.1) is 16.2 Å². The van der Waals surface area contributed by atoms with E-state index in [9.17, 15) is 9.90 Å². The van der Waals surface area contributed by atoms with Crippen LogP contribution in [-0.4, -0.2) is 24.3 Å². The third kappa shape index (κ3) is 0.930. The fraction of sp³-hybridized carbons (Fsp3) is 0.917. The van der Waals surface area contributed by atoms with Crippen LogP contribution in [-0.2, 0) is 9.53 Å². The van der Waals surface area contributed by atoms with Gasteiger partial charge in [-0.05, 0) is 30.1 Å². The third-order valence-electron chi connectivity index (χ3n) is 5.55. The van der Waals surface area contributed by atoms with Gasteiger partial charge in [-0.1, -0.05) is 20.8 Å². The Hall–Kier alpha value is -0.570. The van der Waals surface area contributed by atoms with Crippen molar-refractivity contribution in [2.75, 3.05) is 7.11 Å².